The highest BCUT2D eigenvalue weighted by molar-refractivity contribution is 5.73. The molecule has 2 aromatic carbocycles. The standard InChI is InChI=1S/C17H17N3/c1-18-17(13-7-3-2-4-8-13)11-14-12-19-15-9-5-6-10-16(15)20-14/h2-10,12,17-18H,11H2,1H3. The molecule has 0 aliphatic rings. The summed E-state index contributed by atoms with van der Waals surface area (Å²) in [4.78, 5) is 9.16. The van der Waals surface area contributed by atoms with Crippen molar-refractivity contribution >= 4 is 11.0 Å². The number of hydrogen-bond donors (Lipinski definition) is 1. The van der Waals surface area contributed by atoms with Gasteiger partial charge in [-0.2, -0.15) is 0 Å². The van der Waals surface area contributed by atoms with Crippen LogP contribution in [0.4, 0.5) is 0 Å². The Kier molecular flexibility index (Phi) is 3.70. The van der Waals surface area contributed by atoms with Crippen LogP contribution in [0.25, 0.3) is 11.0 Å². The SMILES string of the molecule is CNC(Cc1cnc2ccccc2n1)c1ccccc1. The summed E-state index contributed by atoms with van der Waals surface area (Å²) in [5, 5.41) is 3.35. The lowest BCUT2D eigenvalue weighted by Crippen LogP contribution is -2.19. The molecule has 1 heterocycles. The number of benzene rings is 2. The lowest BCUT2D eigenvalue weighted by molar-refractivity contribution is 0.584. The van der Waals surface area contributed by atoms with Crippen LogP contribution in [0.2, 0.25) is 0 Å². The first-order valence-corrected chi connectivity index (χ1v) is 6.79. The van der Waals surface area contributed by atoms with Crippen molar-refractivity contribution in [3.8, 4) is 0 Å². The Hall–Kier alpha value is -2.26. The van der Waals surface area contributed by atoms with Gasteiger partial charge >= 0.3 is 0 Å². The van der Waals surface area contributed by atoms with Gasteiger partial charge in [0.05, 0.1) is 16.7 Å². The Morgan fingerprint density at radius 1 is 0.950 bits per heavy atom. The van der Waals surface area contributed by atoms with Crippen LogP contribution in [0.1, 0.15) is 17.3 Å². The summed E-state index contributed by atoms with van der Waals surface area (Å²) in [5.74, 6) is 0. The van der Waals surface area contributed by atoms with Crippen LogP contribution >= 0.6 is 0 Å². The average Bonchev–Trinajstić information content (AvgIpc) is 2.53. The Morgan fingerprint density at radius 2 is 1.65 bits per heavy atom. The molecule has 0 radical (unpaired) electrons. The van der Waals surface area contributed by atoms with Crippen molar-refractivity contribution in [2.75, 3.05) is 7.05 Å². The molecule has 0 bridgehead atoms. The third-order valence-electron chi connectivity index (χ3n) is 3.46. The molecule has 0 saturated heterocycles. The molecule has 1 unspecified atom stereocenters. The van der Waals surface area contributed by atoms with Crippen LogP contribution < -0.4 is 5.32 Å². The number of hydrogen-bond acceptors (Lipinski definition) is 3. The minimum absolute atomic E-state index is 0.256. The molecule has 1 N–H and O–H groups in total. The third-order valence-corrected chi connectivity index (χ3v) is 3.46. The van der Waals surface area contributed by atoms with Crippen LogP contribution in [0.3, 0.4) is 0 Å². The van der Waals surface area contributed by atoms with E-state index in [0.717, 1.165) is 23.1 Å². The fraction of sp³-hybridized carbons (Fsp3) is 0.176. The highest BCUT2D eigenvalue weighted by Crippen LogP contribution is 2.18. The smallest absolute Gasteiger partial charge is 0.0890 e. The molecule has 0 aliphatic carbocycles. The van der Waals surface area contributed by atoms with Crippen LogP contribution in [0, 0.1) is 0 Å². The molecule has 3 nitrogen and oxygen atoms in total. The number of fused-ring (bicyclic) bond motifs is 1. The van der Waals surface area contributed by atoms with Crippen molar-refractivity contribution < 1.29 is 0 Å². The second-order valence-electron chi connectivity index (χ2n) is 4.81. The molecule has 0 saturated carbocycles. The Balaban J connectivity index is 1.87. The zero-order valence-electron chi connectivity index (χ0n) is 11.5. The monoisotopic (exact) mass is 263 g/mol. The fourth-order valence-corrected chi connectivity index (χ4v) is 2.37. The molecule has 3 aromatic rings. The highest BCUT2D eigenvalue weighted by Gasteiger charge is 2.11. The van der Waals surface area contributed by atoms with E-state index in [-0.39, 0.29) is 6.04 Å². The van der Waals surface area contributed by atoms with E-state index in [2.05, 4.69) is 39.6 Å². The lowest BCUT2D eigenvalue weighted by atomic mass is 10.0. The second-order valence-corrected chi connectivity index (χ2v) is 4.81. The molecule has 0 aliphatic heterocycles. The maximum absolute atomic E-state index is 4.69. The van der Waals surface area contributed by atoms with Gasteiger partial charge in [0.15, 0.2) is 0 Å². The molecular weight excluding hydrogens is 246 g/mol. The van der Waals surface area contributed by atoms with Gasteiger partial charge in [0.1, 0.15) is 0 Å². The van der Waals surface area contributed by atoms with Crippen molar-refractivity contribution in [3.05, 3.63) is 72.1 Å². The molecule has 100 valence electrons. The van der Waals surface area contributed by atoms with Crippen molar-refractivity contribution in [2.24, 2.45) is 0 Å². The molecule has 1 aromatic heterocycles. The fourth-order valence-electron chi connectivity index (χ4n) is 2.37. The first kappa shape index (κ1) is 12.8. The minimum atomic E-state index is 0.256. The minimum Gasteiger partial charge on any atom is -0.313 e. The zero-order valence-corrected chi connectivity index (χ0v) is 11.5. The summed E-state index contributed by atoms with van der Waals surface area (Å²) in [7, 11) is 1.98. The molecular formula is C17H17N3. The van der Waals surface area contributed by atoms with Gasteiger partial charge in [0.2, 0.25) is 0 Å². The summed E-state index contributed by atoms with van der Waals surface area (Å²) in [6.07, 6.45) is 2.70. The van der Waals surface area contributed by atoms with E-state index in [4.69, 9.17) is 0 Å². The number of nitrogens with one attached hydrogen (secondary N) is 1. The lowest BCUT2D eigenvalue weighted by Gasteiger charge is -2.16. The molecule has 20 heavy (non-hydrogen) atoms. The van der Waals surface area contributed by atoms with Crippen LogP contribution in [0.15, 0.2) is 60.8 Å². The van der Waals surface area contributed by atoms with E-state index >= 15 is 0 Å². The summed E-state index contributed by atoms with van der Waals surface area (Å²) >= 11 is 0. The van der Waals surface area contributed by atoms with Crippen LogP contribution in [-0.2, 0) is 6.42 Å². The Labute approximate surface area is 118 Å². The normalized spacial score (nSPS) is 12.4. The summed E-state index contributed by atoms with van der Waals surface area (Å²) in [6, 6.07) is 18.6. The van der Waals surface area contributed by atoms with Gasteiger partial charge in [0, 0.05) is 18.7 Å². The Bertz CT molecular complexity index is 695. The summed E-state index contributed by atoms with van der Waals surface area (Å²) in [5.41, 5.74) is 4.17. The van der Waals surface area contributed by atoms with Crippen molar-refractivity contribution in [1.29, 1.82) is 0 Å². The van der Waals surface area contributed by atoms with Crippen molar-refractivity contribution in [2.45, 2.75) is 12.5 Å². The van der Waals surface area contributed by atoms with E-state index in [1.807, 2.05) is 43.6 Å². The van der Waals surface area contributed by atoms with Gasteiger partial charge in [-0.15, -0.1) is 0 Å². The molecule has 3 rings (SSSR count). The first-order chi connectivity index (χ1) is 9.86. The molecule has 0 spiro atoms. The molecule has 3 heteroatoms. The van der Waals surface area contributed by atoms with Gasteiger partial charge in [-0.05, 0) is 24.7 Å². The van der Waals surface area contributed by atoms with Crippen molar-refractivity contribution in [1.82, 2.24) is 15.3 Å². The van der Waals surface area contributed by atoms with E-state index in [9.17, 15) is 0 Å². The van der Waals surface area contributed by atoms with Gasteiger partial charge in [-0.3, -0.25) is 4.98 Å². The average molecular weight is 263 g/mol. The van der Waals surface area contributed by atoms with Gasteiger partial charge in [0.25, 0.3) is 0 Å². The van der Waals surface area contributed by atoms with Crippen molar-refractivity contribution in [3.63, 3.8) is 0 Å². The number of para-hydroxylation sites is 2. The number of likely N-dealkylation sites (N-methyl/N-ethyl adjacent to an activating group) is 1. The zero-order chi connectivity index (χ0) is 13.8. The van der Waals surface area contributed by atoms with E-state index in [1.54, 1.807) is 0 Å². The third kappa shape index (κ3) is 2.68. The maximum atomic E-state index is 4.69. The van der Waals surface area contributed by atoms with Crippen LogP contribution in [-0.4, -0.2) is 17.0 Å². The maximum Gasteiger partial charge on any atom is 0.0890 e. The van der Waals surface area contributed by atoms with Gasteiger partial charge in [-0.25, -0.2) is 4.98 Å². The predicted molar refractivity (Wildman–Crippen MR) is 81.5 cm³/mol. The molecule has 0 amide bonds. The van der Waals surface area contributed by atoms with E-state index in [0.29, 0.717) is 0 Å². The summed E-state index contributed by atoms with van der Waals surface area (Å²) < 4.78 is 0. The number of rotatable bonds is 4. The molecule has 0 fully saturated rings. The van der Waals surface area contributed by atoms with E-state index < -0.39 is 0 Å². The topological polar surface area (TPSA) is 37.8 Å². The van der Waals surface area contributed by atoms with E-state index in [1.165, 1.54) is 5.56 Å². The number of aromatic nitrogens is 2. The summed E-state index contributed by atoms with van der Waals surface area (Å²) in [6.45, 7) is 0. The second kappa shape index (κ2) is 5.80. The largest absolute Gasteiger partial charge is 0.313 e. The number of nitrogens with zero attached hydrogens (tertiary/aromatic N) is 2. The van der Waals surface area contributed by atoms with Gasteiger partial charge < -0.3 is 5.32 Å². The quantitative estimate of drug-likeness (QED) is 0.786. The Morgan fingerprint density at radius 3 is 2.40 bits per heavy atom. The molecule has 1 atom stereocenters. The van der Waals surface area contributed by atoms with Crippen LogP contribution in [0.5, 0.6) is 0 Å². The predicted octanol–water partition coefficient (Wildman–Crippen LogP) is 3.13. The first-order valence-electron chi connectivity index (χ1n) is 6.79. The highest BCUT2D eigenvalue weighted by atomic mass is 14.9. The van der Waals surface area contributed by atoms with Gasteiger partial charge in [-0.1, -0.05) is 42.5 Å².